The molecular weight excluding hydrogens is 268 g/mol. The molecule has 100 valence electrons. The van der Waals surface area contributed by atoms with E-state index in [1.54, 1.807) is 6.92 Å². The minimum atomic E-state index is -2.81. The number of carbonyl (C=O) groups is 1. The van der Waals surface area contributed by atoms with Gasteiger partial charge in [-0.2, -0.15) is 0 Å². The maximum Gasteiger partial charge on any atom is 0.338 e. The summed E-state index contributed by atoms with van der Waals surface area (Å²) in [5, 5.41) is 0. The van der Waals surface area contributed by atoms with Crippen LogP contribution >= 0.6 is 11.6 Å². The Hall–Kier alpha value is -1.43. The number of halogens is 3. The van der Waals surface area contributed by atoms with Crippen LogP contribution in [-0.4, -0.2) is 24.7 Å². The Morgan fingerprint density at radius 1 is 1.56 bits per heavy atom. The average molecular weight is 280 g/mol. The monoisotopic (exact) mass is 279 g/mol. The first-order chi connectivity index (χ1) is 8.54. The number of alkyl halides is 3. The normalized spacial score (nSPS) is 10.6. The van der Waals surface area contributed by atoms with Crippen LogP contribution in [0.15, 0.2) is 6.07 Å². The summed E-state index contributed by atoms with van der Waals surface area (Å²) in [6.45, 7) is 1.75. The number of hydrogen-bond acceptors (Lipinski definition) is 4. The molecule has 1 aromatic heterocycles. The van der Waals surface area contributed by atoms with Crippen LogP contribution in [0.3, 0.4) is 0 Å². The van der Waals surface area contributed by atoms with Gasteiger partial charge in [-0.15, -0.1) is 11.6 Å². The zero-order valence-corrected chi connectivity index (χ0v) is 10.6. The van der Waals surface area contributed by atoms with E-state index in [9.17, 15) is 13.6 Å². The van der Waals surface area contributed by atoms with E-state index < -0.39 is 18.1 Å². The number of ether oxygens (including phenoxy) is 2. The fraction of sp³-hybridized carbons (Fsp3) is 0.455. The molecule has 7 heteroatoms. The van der Waals surface area contributed by atoms with Gasteiger partial charge in [-0.1, -0.05) is 0 Å². The van der Waals surface area contributed by atoms with Crippen molar-refractivity contribution in [2.45, 2.75) is 19.2 Å². The van der Waals surface area contributed by atoms with Crippen molar-refractivity contribution < 1.29 is 23.0 Å². The summed E-state index contributed by atoms with van der Waals surface area (Å²) in [5.74, 6) is -0.907. The second-order valence-electron chi connectivity index (χ2n) is 3.24. The van der Waals surface area contributed by atoms with E-state index >= 15 is 0 Å². The summed E-state index contributed by atoms with van der Waals surface area (Å²) >= 11 is 5.68. The largest absolute Gasteiger partial charge is 0.481 e. The number of methoxy groups -OCH3 is 1. The second-order valence-corrected chi connectivity index (χ2v) is 3.50. The van der Waals surface area contributed by atoms with Gasteiger partial charge in [0.05, 0.1) is 25.2 Å². The van der Waals surface area contributed by atoms with Crippen molar-refractivity contribution in [2.24, 2.45) is 0 Å². The van der Waals surface area contributed by atoms with Crippen molar-refractivity contribution in [1.82, 2.24) is 4.98 Å². The molecule has 0 bridgehead atoms. The zero-order chi connectivity index (χ0) is 13.7. The van der Waals surface area contributed by atoms with Crippen molar-refractivity contribution in [3.63, 3.8) is 0 Å². The lowest BCUT2D eigenvalue weighted by Crippen LogP contribution is -2.11. The molecule has 0 atom stereocenters. The fourth-order valence-corrected chi connectivity index (χ4v) is 1.63. The molecule has 0 N–H and O–H groups in total. The summed E-state index contributed by atoms with van der Waals surface area (Å²) in [6, 6.07) is 0.975. The van der Waals surface area contributed by atoms with Crippen molar-refractivity contribution in [3.05, 3.63) is 22.9 Å². The van der Waals surface area contributed by atoms with E-state index in [2.05, 4.69) is 4.98 Å². The quantitative estimate of drug-likeness (QED) is 0.614. The summed E-state index contributed by atoms with van der Waals surface area (Å²) < 4.78 is 34.9. The van der Waals surface area contributed by atoms with Crippen LogP contribution in [0.25, 0.3) is 0 Å². The zero-order valence-electron chi connectivity index (χ0n) is 9.87. The van der Waals surface area contributed by atoms with Crippen LogP contribution in [0.5, 0.6) is 5.88 Å². The first-order valence-electron chi connectivity index (χ1n) is 5.14. The topological polar surface area (TPSA) is 48.4 Å². The van der Waals surface area contributed by atoms with Gasteiger partial charge in [0.25, 0.3) is 6.43 Å². The third kappa shape index (κ3) is 3.07. The molecule has 0 aliphatic carbocycles. The standard InChI is InChI=1S/C11H12ClF2NO3/c1-3-18-11(16)6-4-8(9(13)14)15-10(17-2)7(6)5-12/h4,9H,3,5H2,1-2H3. The molecule has 1 heterocycles. The first kappa shape index (κ1) is 14.6. The van der Waals surface area contributed by atoms with Crippen LogP contribution in [-0.2, 0) is 10.6 Å². The smallest absolute Gasteiger partial charge is 0.338 e. The van der Waals surface area contributed by atoms with Gasteiger partial charge in [0.15, 0.2) is 0 Å². The molecule has 0 unspecified atom stereocenters. The van der Waals surface area contributed by atoms with Gasteiger partial charge in [-0.25, -0.2) is 18.6 Å². The Bertz CT molecular complexity index is 441. The lowest BCUT2D eigenvalue weighted by molar-refractivity contribution is 0.0524. The molecule has 0 saturated heterocycles. The number of pyridine rings is 1. The number of rotatable bonds is 5. The third-order valence-electron chi connectivity index (χ3n) is 2.15. The van der Waals surface area contributed by atoms with E-state index in [0.29, 0.717) is 0 Å². The molecule has 0 aromatic carbocycles. The number of aromatic nitrogens is 1. The highest BCUT2D eigenvalue weighted by atomic mass is 35.5. The van der Waals surface area contributed by atoms with Crippen molar-refractivity contribution >= 4 is 17.6 Å². The molecule has 1 aromatic rings. The molecule has 0 aliphatic rings. The minimum Gasteiger partial charge on any atom is -0.481 e. The van der Waals surface area contributed by atoms with E-state index in [1.807, 2.05) is 0 Å². The first-order valence-corrected chi connectivity index (χ1v) is 5.67. The third-order valence-corrected chi connectivity index (χ3v) is 2.42. The molecule has 0 aliphatic heterocycles. The average Bonchev–Trinajstić information content (AvgIpc) is 2.37. The molecule has 18 heavy (non-hydrogen) atoms. The minimum absolute atomic E-state index is 0.0472. The fourth-order valence-electron chi connectivity index (χ4n) is 1.37. The highest BCUT2D eigenvalue weighted by molar-refractivity contribution is 6.18. The molecular formula is C11H12ClF2NO3. The Morgan fingerprint density at radius 3 is 2.67 bits per heavy atom. The summed E-state index contributed by atoms with van der Waals surface area (Å²) in [4.78, 5) is 15.3. The Kier molecular flexibility index (Phi) is 5.27. The van der Waals surface area contributed by atoms with Crippen LogP contribution in [0, 0.1) is 0 Å². The Labute approximate surface area is 108 Å². The summed E-state index contributed by atoms with van der Waals surface area (Å²) in [5.41, 5.74) is -0.361. The van der Waals surface area contributed by atoms with Crippen LogP contribution < -0.4 is 4.74 Å². The van der Waals surface area contributed by atoms with Gasteiger partial charge in [0.2, 0.25) is 5.88 Å². The van der Waals surface area contributed by atoms with E-state index in [0.717, 1.165) is 6.07 Å². The highest BCUT2D eigenvalue weighted by Gasteiger charge is 2.22. The maximum absolute atomic E-state index is 12.6. The second kappa shape index (κ2) is 6.49. The van der Waals surface area contributed by atoms with Crippen LogP contribution in [0.1, 0.15) is 35.0 Å². The van der Waals surface area contributed by atoms with E-state index in [-0.39, 0.29) is 29.5 Å². The predicted molar refractivity (Wildman–Crippen MR) is 61.3 cm³/mol. The van der Waals surface area contributed by atoms with Gasteiger partial charge in [-0.05, 0) is 13.0 Å². The van der Waals surface area contributed by atoms with Gasteiger partial charge in [-0.3, -0.25) is 0 Å². The summed E-state index contributed by atoms with van der Waals surface area (Å²) in [7, 11) is 1.27. The number of esters is 1. The van der Waals surface area contributed by atoms with Crippen molar-refractivity contribution in [1.29, 1.82) is 0 Å². The highest BCUT2D eigenvalue weighted by Crippen LogP contribution is 2.28. The SMILES string of the molecule is CCOC(=O)c1cc(C(F)F)nc(OC)c1CCl. The Morgan fingerprint density at radius 2 is 2.22 bits per heavy atom. The van der Waals surface area contributed by atoms with Gasteiger partial charge >= 0.3 is 5.97 Å². The number of nitrogens with zero attached hydrogens (tertiary/aromatic N) is 1. The molecule has 0 saturated carbocycles. The van der Waals surface area contributed by atoms with Gasteiger partial charge < -0.3 is 9.47 Å². The lowest BCUT2D eigenvalue weighted by Gasteiger charge is -2.12. The number of carbonyl (C=O) groups excluding carboxylic acids is 1. The maximum atomic E-state index is 12.6. The van der Waals surface area contributed by atoms with E-state index in [4.69, 9.17) is 21.1 Å². The van der Waals surface area contributed by atoms with Gasteiger partial charge in [0.1, 0.15) is 5.69 Å². The molecule has 0 fully saturated rings. The molecule has 0 radical (unpaired) electrons. The predicted octanol–water partition coefficient (Wildman–Crippen LogP) is 2.94. The molecule has 4 nitrogen and oxygen atoms in total. The Balaban J connectivity index is 3.35. The van der Waals surface area contributed by atoms with Gasteiger partial charge in [0, 0.05) is 5.56 Å². The van der Waals surface area contributed by atoms with Crippen molar-refractivity contribution in [3.8, 4) is 5.88 Å². The molecule has 1 rings (SSSR count). The van der Waals surface area contributed by atoms with Crippen molar-refractivity contribution in [2.75, 3.05) is 13.7 Å². The molecule has 0 amide bonds. The van der Waals surface area contributed by atoms with Crippen LogP contribution in [0.2, 0.25) is 0 Å². The molecule has 0 spiro atoms. The summed E-state index contributed by atoms with van der Waals surface area (Å²) in [6.07, 6.45) is -2.81. The lowest BCUT2D eigenvalue weighted by atomic mass is 10.1. The van der Waals surface area contributed by atoms with Crippen LogP contribution in [0.4, 0.5) is 8.78 Å². The number of hydrogen-bond donors (Lipinski definition) is 0. The van der Waals surface area contributed by atoms with E-state index in [1.165, 1.54) is 7.11 Å².